The van der Waals surface area contributed by atoms with Crippen LogP contribution in [0, 0.1) is 23.2 Å². The summed E-state index contributed by atoms with van der Waals surface area (Å²) in [6.07, 6.45) is 0.992. The Balaban J connectivity index is 2.44. The summed E-state index contributed by atoms with van der Waals surface area (Å²) in [7, 11) is 0. The number of nitrogens with one attached hydrogen (secondary N) is 1. The Morgan fingerprint density at radius 3 is 3.00 bits per heavy atom. The van der Waals surface area contributed by atoms with E-state index < -0.39 is 5.92 Å². The van der Waals surface area contributed by atoms with E-state index in [1.807, 2.05) is 6.07 Å². The molecule has 1 rings (SSSR count). The molecule has 4 nitrogen and oxygen atoms in total. The predicted octanol–water partition coefficient (Wildman–Crippen LogP) is 0.687. The van der Waals surface area contributed by atoms with Crippen molar-refractivity contribution in [3.05, 3.63) is 0 Å². The average Bonchev–Trinajstić information content (AvgIpc) is 2.63. The van der Waals surface area contributed by atoms with Crippen LogP contribution in [0.3, 0.4) is 0 Å². The van der Waals surface area contributed by atoms with Crippen LogP contribution >= 0.6 is 0 Å². The highest BCUT2D eigenvalue weighted by atomic mass is 16.5. The van der Waals surface area contributed by atoms with Crippen LogP contribution in [-0.2, 0) is 9.53 Å². The molecule has 78 valence electrons. The van der Waals surface area contributed by atoms with Gasteiger partial charge in [-0.05, 0) is 13.3 Å². The number of amides is 1. The van der Waals surface area contributed by atoms with Gasteiger partial charge in [-0.1, -0.05) is 6.92 Å². The summed E-state index contributed by atoms with van der Waals surface area (Å²) < 4.78 is 5.28. The van der Waals surface area contributed by atoms with Crippen LogP contribution in [0.1, 0.15) is 20.3 Å². The van der Waals surface area contributed by atoms with Gasteiger partial charge in [-0.25, -0.2) is 0 Å². The van der Waals surface area contributed by atoms with Gasteiger partial charge in [0, 0.05) is 5.92 Å². The maximum atomic E-state index is 11.4. The highest BCUT2D eigenvalue weighted by Crippen LogP contribution is 2.17. The molecule has 1 aliphatic heterocycles. The summed E-state index contributed by atoms with van der Waals surface area (Å²) in [4.78, 5) is 11.4. The molecular weight excluding hydrogens is 180 g/mol. The minimum absolute atomic E-state index is 0.0864. The zero-order valence-corrected chi connectivity index (χ0v) is 8.62. The van der Waals surface area contributed by atoms with Crippen LogP contribution in [-0.4, -0.2) is 25.2 Å². The van der Waals surface area contributed by atoms with Gasteiger partial charge in [-0.2, -0.15) is 5.26 Å². The van der Waals surface area contributed by atoms with Crippen molar-refractivity contribution < 1.29 is 9.53 Å². The van der Waals surface area contributed by atoms with Crippen molar-refractivity contribution in [2.75, 3.05) is 13.2 Å². The minimum Gasteiger partial charge on any atom is -0.379 e. The Hall–Kier alpha value is -1.08. The van der Waals surface area contributed by atoms with Crippen LogP contribution in [0.2, 0.25) is 0 Å². The predicted molar refractivity (Wildman–Crippen MR) is 51.3 cm³/mol. The summed E-state index contributed by atoms with van der Waals surface area (Å²) in [6, 6.07) is 2.01. The van der Waals surface area contributed by atoms with Crippen LogP contribution in [0.15, 0.2) is 0 Å². The minimum atomic E-state index is -0.576. The molecule has 0 aromatic heterocycles. The van der Waals surface area contributed by atoms with Crippen molar-refractivity contribution in [2.45, 2.75) is 26.3 Å². The maximum Gasteiger partial charge on any atom is 0.237 e. The van der Waals surface area contributed by atoms with E-state index in [2.05, 4.69) is 12.2 Å². The zero-order valence-electron chi connectivity index (χ0n) is 8.62. The van der Waals surface area contributed by atoms with Gasteiger partial charge in [0.2, 0.25) is 5.91 Å². The SMILES string of the molecule is CCC1COCC1NC(=O)C(C)C#N. The van der Waals surface area contributed by atoms with Crippen LogP contribution in [0.5, 0.6) is 0 Å². The number of nitrogens with zero attached hydrogens (tertiary/aromatic N) is 1. The van der Waals surface area contributed by atoms with Gasteiger partial charge in [0.05, 0.1) is 25.3 Å². The number of carbonyl (C=O) groups is 1. The third kappa shape index (κ3) is 2.46. The molecular formula is C10H16N2O2. The summed E-state index contributed by atoms with van der Waals surface area (Å²) >= 11 is 0. The second-order valence-corrected chi connectivity index (χ2v) is 3.67. The smallest absolute Gasteiger partial charge is 0.237 e. The quantitative estimate of drug-likeness (QED) is 0.722. The molecule has 0 bridgehead atoms. The van der Waals surface area contributed by atoms with Crippen molar-refractivity contribution in [1.29, 1.82) is 5.26 Å². The maximum absolute atomic E-state index is 11.4. The van der Waals surface area contributed by atoms with Crippen LogP contribution in [0.25, 0.3) is 0 Å². The van der Waals surface area contributed by atoms with Gasteiger partial charge in [0.25, 0.3) is 0 Å². The first-order valence-electron chi connectivity index (χ1n) is 4.96. The summed E-state index contributed by atoms with van der Waals surface area (Å²) in [6.45, 7) is 4.96. The molecule has 0 aromatic rings. The van der Waals surface area contributed by atoms with Crippen molar-refractivity contribution in [3.63, 3.8) is 0 Å². The van der Waals surface area contributed by atoms with Crippen molar-refractivity contribution >= 4 is 5.91 Å². The fraction of sp³-hybridized carbons (Fsp3) is 0.800. The van der Waals surface area contributed by atoms with Gasteiger partial charge < -0.3 is 10.1 Å². The molecule has 1 aliphatic rings. The van der Waals surface area contributed by atoms with E-state index in [9.17, 15) is 4.79 Å². The fourth-order valence-electron chi connectivity index (χ4n) is 1.53. The fourth-order valence-corrected chi connectivity index (χ4v) is 1.53. The van der Waals surface area contributed by atoms with Gasteiger partial charge in [0.1, 0.15) is 5.92 Å². The number of carbonyl (C=O) groups excluding carboxylic acids is 1. The molecule has 1 amide bonds. The highest BCUT2D eigenvalue weighted by Gasteiger charge is 2.29. The Bertz CT molecular complexity index is 247. The zero-order chi connectivity index (χ0) is 10.6. The first kappa shape index (κ1) is 11.0. The normalized spacial score (nSPS) is 28.1. The summed E-state index contributed by atoms with van der Waals surface area (Å²) in [5.41, 5.74) is 0. The topological polar surface area (TPSA) is 62.1 Å². The Morgan fingerprint density at radius 1 is 1.71 bits per heavy atom. The van der Waals surface area contributed by atoms with Gasteiger partial charge in [-0.3, -0.25) is 4.79 Å². The third-order valence-electron chi connectivity index (χ3n) is 2.64. The van der Waals surface area contributed by atoms with Crippen molar-refractivity contribution in [1.82, 2.24) is 5.32 Å². The number of hydrogen-bond donors (Lipinski definition) is 1. The molecule has 0 aromatic carbocycles. The van der Waals surface area contributed by atoms with Gasteiger partial charge in [-0.15, -0.1) is 0 Å². The standard InChI is InChI=1S/C10H16N2O2/c1-3-8-5-14-6-9(8)12-10(13)7(2)4-11/h7-9H,3,5-6H2,1-2H3,(H,12,13). The van der Waals surface area contributed by atoms with Gasteiger partial charge in [0.15, 0.2) is 0 Å². The lowest BCUT2D eigenvalue weighted by molar-refractivity contribution is -0.123. The molecule has 4 heteroatoms. The summed E-state index contributed by atoms with van der Waals surface area (Å²) in [5, 5.41) is 11.4. The van der Waals surface area contributed by atoms with E-state index in [-0.39, 0.29) is 11.9 Å². The molecule has 1 saturated heterocycles. The molecule has 14 heavy (non-hydrogen) atoms. The van der Waals surface area contributed by atoms with E-state index >= 15 is 0 Å². The monoisotopic (exact) mass is 196 g/mol. The third-order valence-corrected chi connectivity index (χ3v) is 2.64. The molecule has 0 spiro atoms. The van der Waals surface area contributed by atoms with Crippen LogP contribution in [0.4, 0.5) is 0 Å². The first-order chi connectivity index (χ1) is 6.69. The lowest BCUT2D eigenvalue weighted by atomic mass is 10.0. The highest BCUT2D eigenvalue weighted by molar-refractivity contribution is 5.80. The molecule has 0 saturated carbocycles. The second-order valence-electron chi connectivity index (χ2n) is 3.67. The molecule has 1 heterocycles. The van der Waals surface area contributed by atoms with E-state index in [1.165, 1.54) is 0 Å². The second kappa shape index (κ2) is 4.97. The molecule has 3 atom stereocenters. The molecule has 1 fully saturated rings. The largest absolute Gasteiger partial charge is 0.379 e. The van der Waals surface area contributed by atoms with Crippen molar-refractivity contribution in [3.8, 4) is 6.07 Å². The Labute approximate surface area is 84.2 Å². The molecule has 3 unspecified atom stereocenters. The summed E-state index contributed by atoms with van der Waals surface area (Å²) in [5.74, 6) is -0.376. The van der Waals surface area contributed by atoms with E-state index in [0.29, 0.717) is 19.1 Å². The Morgan fingerprint density at radius 2 is 2.43 bits per heavy atom. The number of nitriles is 1. The Kier molecular flexibility index (Phi) is 3.90. The van der Waals surface area contributed by atoms with Crippen molar-refractivity contribution in [2.24, 2.45) is 11.8 Å². The van der Waals surface area contributed by atoms with Crippen LogP contribution < -0.4 is 5.32 Å². The number of ether oxygens (including phenoxy) is 1. The van der Waals surface area contributed by atoms with E-state index in [4.69, 9.17) is 10.00 Å². The van der Waals surface area contributed by atoms with E-state index in [1.54, 1.807) is 6.92 Å². The van der Waals surface area contributed by atoms with Gasteiger partial charge >= 0.3 is 0 Å². The lowest BCUT2D eigenvalue weighted by Gasteiger charge is -2.17. The number of hydrogen-bond acceptors (Lipinski definition) is 3. The average molecular weight is 196 g/mol. The van der Waals surface area contributed by atoms with E-state index in [0.717, 1.165) is 6.42 Å². The first-order valence-corrected chi connectivity index (χ1v) is 4.96. The molecule has 0 aliphatic carbocycles. The molecule has 1 N–H and O–H groups in total. The molecule has 0 radical (unpaired) electrons. The number of rotatable bonds is 3. The lowest BCUT2D eigenvalue weighted by Crippen LogP contribution is -2.41.